The highest BCUT2D eigenvalue weighted by atomic mass is 16.4. The second-order valence-electron chi connectivity index (χ2n) is 10.3. The minimum absolute atomic E-state index is 0.00181. The molecule has 8 bridgehead atoms. The first-order valence-corrected chi connectivity index (χ1v) is 12.9. The quantitative estimate of drug-likeness (QED) is 0.178. The minimum atomic E-state index is -0.870. The summed E-state index contributed by atoms with van der Waals surface area (Å²) in [6.45, 7) is 7.98. The van der Waals surface area contributed by atoms with Gasteiger partial charge in [0.05, 0.1) is 11.0 Å². The predicted molar refractivity (Wildman–Crippen MR) is 151 cm³/mol. The molecule has 5 heterocycles. The summed E-state index contributed by atoms with van der Waals surface area (Å²) in [5.74, 6) is -1.73. The maximum atomic E-state index is 11.5. The van der Waals surface area contributed by atoms with E-state index in [4.69, 9.17) is 5.73 Å². The molecule has 8 N–H and O–H groups in total. The molecule has 9 nitrogen and oxygen atoms in total. The van der Waals surface area contributed by atoms with Crippen molar-refractivity contribution in [3.05, 3.63) is 83.6 Å². The number of carbonyl (C=O) groups is 2. The van der Waals surface area contributed by atoms with Crippen molar-refractivity contribution in [3.8, 4) is 0 Å². The van der Waals surface area contributed by atoms with Crippen LogP contribution in [0.3, 0.4) is 0 Å². The Morgan fingerprint density at radius 2 is 1.26 bits per heavy atom. The second kappa shape index (κ2) is 9.90. The van der Waals surface area contributed by atoms with Crippen LogP contribution in [0, 0.1) is 27.7 Å². The summed E-state index contributed by atoms with van der Waals surface area (Å²) in [4.78, 5) is 36.8. The van der Waals surface area contributed by atoms with E-state index in [0.717, 1.165) is 77.6 Å². The fourth-order valence-electron chi connectivity index (χ4n) is 5.33. The van der Waals surface area contributed by atoms with Crippen LogP contribution in [0.2, 0.25) is 0 Å². The van der Waals surface area contributed by atoms with Gasteiger partial charge in [-0.2, -0.15) is 0 Å². The largest absolute Gasteiger partial charge is 0.481 e. The van der Waals surface area contributed by atoms with Crippen LogP contribution in [-0.4, -0.2) is 42.1 Å². The van der Waals surface area contributed by atoms with Crippen LogP contribution < -0.4 is 27.1 Å². The van der Waals surface area contributed by atoms with E-state index in [1.165, 1.54) is 0 Å². The third-order valence-electron chi connectivity index (χ3n) is 7.69. The highest BCUT2D eigenvalue weighted by Gasteiger charge is 2.16. The van der Waals surface area contributed by atoms with E-state index in [0.29, 0.717) is 18.5 Å². The predicted octanol–water partition coefficient (Wildman–Crippen LogP) is 1.48. The number of fused-ring (bicyclic) bond motifs is 8. The number of carboxylic acids is 2. The van der Waals surface area contributed by atoms with Crippen LogP contribution >= 0.6 is 0 Å². The molecule has 202 valence electrons. The fraction of sp³-hybridized carbons (Fsp3) is 0.267. The van der Waals surface area contributed by atoms with Crippen LogP contribution in [0.4, 0.5) is 5.69 Å². The molecule has 4 aromatic heterocycles. The molecule has 4 aromatic rings. The Labute approximate surface area is 224 Å². The van der Waals surface area contributed by atoms with Crippen molar-refractivity contribution >= 4 is 41.9 Å². The van der Waals surface area contributed by atoms with Gasteiger partial charge in [-0.3, -0.25) is 9.59 Å². The summed E-state index contributed by atoms with van der Waals surface area (Å²) < 4.78 is 0. The van der Waals surface area contributed by atoms with Crippen LogP contribution in [0.5, 0.6) is 0 Å². The maximum Gasteiger partial charge on any atom is 0.303 e. The number of hydrogen-bond donors (Lipinski definition) is 7. The molecule has 0 fully saturated rings. The highest BCUT2D eigenvalue weighted by Crippen LogP contribution is 2.22. The first-order valence-electron chi connectivity index (χ1n) is 12.9. The lowest BCUT2D eigenvalue weighted by Crippen LogP contribution is -2.14. The van der Waals surface area contributed by atoms with Gasteiger partial charge in [-0.1, -0.05) is 0 Å². The van der Waals surface area contributed by atoms with Gasteiger partial charge in [0.2, 0.25) is 0 Å². The van der Waals surface area contributed by atoms with Crippen molar-refractivity contribution in [3.63, 3.8) is 0 Å². The normalized spacial score (nSPS) is 12.3. The van der Waals surface area contributed by atoms with Crippen molar-refractivity contribution < 1.29 is 19.8 Å². The van der Waals surface area contributed by atoms with E-state index in [9.17, 15) is 19.8 Å². The van der Waals surface area contributed by atoms with Gasteiger partial charge < -0.3 is 35.9 Å². The standard InChI is InChI=1S/C30H33N5O4/c1-14-9-18-10-22-17(4)30(31)27(35-22)12-24-16(3)20(6-8-29(38)39)26(34-24)13-25-19(5-7-28(36)37)15(2)23(33-25)11-21(14)32-18/h9-13,32-35H,5-8,31H2,1-4H3,(H,36,37)(H,38,39). The second-order valence-corrected chi connectivity index (χ2v) is 10.3. The number of nitrogen functional groups attached to an aromatic ring is 1. The lowest BCUT2D eigenvalue weighted by Gasteiger charge is -2.01. The number of aromatic amines is 4. The van der Waals surface area contributed by atoms with E-state index < -0.39 is 11.9 Å². The number of rotatable bonds is 6. The molecule has 1 aliphatic heterocycles. The summed E-state index contributed by atoms with van der Waals surface area (Å²) in [6, 6.07) is 2.08. The summed E-state index contributed by atoms with van der Waals surface area (Å²) in [6.07, 6.45) is 8.70. The maximum absolute atomic E-state index is 11.5. The zero-order chi connectivity index (χ0) is 28.0. The Balaban J connectivity index is 1.86. The zero-order valence-corrected chi connectivity index (χ0v) is 22.5. The molecule has 0 aliphatic carbocycles. The number of hydrogen-bond acceptors (Lipinski definition) is 3. The number of aryl methyl sites for hydroxylation is 1. The molecule has 0 atom stereocenters. The molecule has 0 unspecified atom stereocenters. The SMILES string of the molecule is Cc1cc2[nH]c1C=c1[nH]c(c(CCC(=O)O)c1C)=Cc1[nH]c(c(C)c1CCC(=O)O)C=c1[nH]c(c(C)c1N)=C2. The van der Waals surface area contributed by atoms with Crippen molar-refractivity contribution in [1.29, 1.82) is 0 Å². The number of aromatic nitrogens is 4. The van der Waals surface area contributed by atoms with Gasteiger partial charge in [0.1, 0.15) is 0 Å². The average Bonchev–Trinajstić information content (AvgIpc) is 3.53. The Bertz CT molecular complexity index is 1880. The number of nitrogens with two attached hydrogens (primary N) is 1. The highest BCUT2D eigenvalue weighted by molar-refractivity contribution is 5.70. The molecule has 39 heavy (non-hydrogen) atoms. The van der Waals surface area contributed by atoms with E-state index in [2.05, 4.69) is 26.0 Å². The molecule has 5 rings (SSSR count). The molecular weight excluding hydrogens is 494 g/mol. The van der Waals surface area contributed by atoms with E-state index >= 15 is 0 Å². The Morgan fingerprint density at radius 1 is 0.667 bits per heavy atom. The van der Waals surface area contributed by atoms with Crippen molar-refractivity contribution in [2.75, 3.05) is 5.73 Å². The summed E-state index contributed by atoms with van der Waals surface area (Å²) in [5.41, 5.74) is 16.4. The van der Waals surface area contributed by atoms with Crippen LogP contribution in [0.1, 0.15) is 69.0 Å². The van der Waals surface area contributed by atoms with Crippen LogP contribution in [-0.2, 0) is 22.4 Å². The molecular formula is C30H33N5O4. The van der Waals surface area contributed by atoms with Gasteiger partial charge in [0.15, 0.2) is 0 Å². The summed E-state index contributed by atoms with van der Waals surface area (Å²) in [7, 11) is 0. The molecule has 0 saturated heterocycles. The van der Waals surface area contributed by atoms with Gasteiger partial charge >= 0.3 is 11.9 Å². The monoisotopic (exact) mass is 527 g/mol. The van der Waals surface area contributed by atoms with Gasteiger partial charge in [0, 0.05) is 51.7 Å². The average molecular weight is 528 g/mol. The van der Waals surface area contributed by atoms with Crippen LogP contribution in [0.25, 0.3) is 24.3 Å². The first kappa shape index (κ1) is 26.0. The molecule has 0 amide bonds. The van der Waals surface area contributed by atoms with E-state index in [1.54, 1.807) is 0 Å². The topological polar surface area (TPSA) is 164 Å². The number of carboxylic acid groups (broad SMARTS) is 2. The molecule has 9 heteroatoms. The molecule has 0 spiro atoms. The van der Waals surface area contributed by atoms with Gasteiger partial charge in [0.25, 0.3) is 0 Å². The van der Waals surface area contributed by atoms with Gasteiger partial charge in [-0.15, -0.1) is 0 Å². The Morgan fingerprint density at radius 3 is 1.95 bits per heavy atom. The lowest BCUT2D eigenvalue weighted by molar-refractivity contribution is -0.138. The summed E-state index contributed by atoms with van der Waals surface area (Å²) in [5, 5.41) is 22.1. The van der Waals surface area contributed by atoms with Crippen molar-refractivity contribution in [1.82, 2.24) is 19.9 Å². The van der Waals surface area contributed by atoms with Gasteiger partial charge in [-0.05, 0) is 104 Å². The Kier molecular flexibility index (Phi) is 6.59. The Hall–Kier alpha value is -4.66. The molecule has 0 aromatic carbocycles. The van der Waals surface area contributed by atoms with E-state index in [1.807, 2.05) is 52.0 Å². The third kappa shape index (κ3) is 4.95. The minimum Gasteiger partial charge on any atom is -0.481 e. The molecule has 0 radical (unpaired) electrons. The number of H-pyrrole nitrogens is 4. The number of nitrogens with one attached hydrogen (secondary N) is 4. The number of anilines is 1. The van der Waals surface area contributed by atoms with Crippen molar-refractivity contribution in [2.24, 2.45) is 0 Å². The smallest absolute Gasteiger partial charge is 0.303 e. The lowest BCUT2D eigenvalue weighted by atomic mass is 10.0. The van der Waals surface area contributed by atoms with E-state index in [-0.39, 0.29) is 12.8 Å². The van der Waals surface area contributed by atoms with Crippen LogP contribution in [0.15, 0.2) is 6.07 Å². The van der Waals surface area contributed by atoms with Gasteiger partial charge in [-0.25, -0.2) is 0 Å². The number of aliphatic carboxylic acids is 2. The van der Waals surface area contributed by atoms with Crippen molar-refractivity contribution in [2.45, 2.75) is 53.4 Å². The first-order chi connectivity index (χ1) is 18.5. The summed E-state index contributed by atoms with van der Waals surface area (Å²) >= 11 is 0. The zero-order valence-electron chi connectivity index (χ0n) is 22.5. The molecule has 1 aliphatic rings. The molecule has 0 saturated carbocycles. The fourth-order valence-corrected chi connectivity index (χ4v) is 5.33. The third-order valence-corrected chi connectivity index (χ3v) is 7.69.